The van der Waals surface area contributed by atoms with Crippen molar-refractivity contribution in [3.8, 4) is 17.4 Å². The summed E-state index contributed by atoms with van der Waals surface area (Å²) < 4.78 is 23.6. The molecule has 0 saturated heterocycles. The minimum Gasteiger partial charge on any atom is -0.489 e. The average molecular weight is 263 g/mol. The second kappa shape index (κ2) is 5.99. The lowest BCUT2D eigenvalue weighted by molar-refractivity contribution is 0.369. The fraction of sp³-hybridized carbons (Fsp3) is 0.231. The zero-order chi connectivity index (χ0) is 13.7. The summed E-state index contributed by atoms with van der Waals surface area (Å²) in [5, 5.41) is 3.05. The van der Waals surface area contributed by atoms with Crippen LogP contribution in [0.3, 0.4) is 0 Å². The maximum Gasteiger partial charge on any atom is 0.268 e. The monoisotopic (exact) mass is 263 g/mol. The van der Waals surface area contributed by atoms with Crippen molar-refractivity contribution in [3.63, 3.8) is 0 Å². The first-order chi connectivity index (χ1) is 9.24. The molecular formula is C13H14FN3O2. The third-order valence-electron chi connectivity index (χ3n) is 2.35. The van der Waals surface area contributed by atoms with Crippen molar-refractivity contribution < 1.29 is 13.9 Å². The second-order valence-electron chi connectivity index (χ2n) is 3.65. The van der Waals surface area contributed by atoms with Crippen LogP contribution < -0.4 is 14.8 Å². The van der Waals surface area contributed by atoms with Gasteiger partial charge in [-0.05, 0) is 31.2 Å². The molecule has 2 rings (SSSR count). The van der Waals surface area contributed by atoms with E-state index in [2.05, 4.69) is 15.3 Å². The van der Waals surface area contributed by atoms with Crippen LogP contribution in [0.15, 0.2) is 30.6 Å². The maximum absolute atomic E-state index is 12.8. The minimum atomic E-state index is -0.324. The highest BCUT2D eigenvalue weighted by molar-refractivity contribution is 5.55. The van der Waals surface area contributed by atoms with Gasteiger partial charge in [-0.3, -0.25) is 0 Å². The van der Waals surface area contributed by atoms with Crippen molar-refractivity contribution in [2.45, 2.75) is 6.92 Å². The van der Waals surface area contributed by atoms with Gasteiger partial charge in [0.25, 0.3) is 5.88 Å². The number of halogens is 1. The summed E-state index contributed by atoms with van der Waals surface area (Å²) in [6.45, 7) is 2.64. The van der Waals surface area contributed by atoms with Crippen LogP contribution >= 0.6 is 0 Å². The van der Waals surface area contributed by atoms with E-state index < -0.39 is 0 Å². The number of benzene rings is 1. The number of aromatic nitrogens is 2. The third kappa shape index (κ3) is 3.09. The number of methoxy groups -OCH3 is 1. The standard InChI is InChI=1S/C13H14FN3O2/c1-3-15-12-11(18-2)13(17-8-16-12)19-10-6-4-9(14)5-7-10/h4-8H,3H2,1-2H3,(H,15,16,17). The van der Waals surface area contributed by atoms with Crippen molar-refractivity contribution in [1.29, 1.82) is 0 Å². The molecule has 1 N–H and O–H groups in total. The fourth-order valence-corrected chi connectivity index (χ4v) is 1.52. The first-order valence-corrected chi connectivity index (χ1v) is 5.81. The van der Waals surface area contributed by atoms with E-state index in [0.717, 1.165) is 0 Å². The van der Waals surface area contributed by atoms with Crippen molar-refractivity contribution >= 4 is 5.82 Å². The number of nitrogens with one attached hydrogen (secondary N) is 1. The maximum atomic E-state index is 12.8. The van der Waals surface area contributed by atoms with E-state index in [1.807, 2.05) is 6.92 Å². The first-order valence-electron chi connectivity index (χ1n) is 5.81. The molecule has 0 aliphatic heterocycles. The SMILES string of the molecule is CCNc1ncnc(Oc2ccc(F)cc2)c1OC. The van der Waals surface area contributed by atoms with Crippen LogP contribution in [0.1, 0.15) is 6.92 Å². The van der Waals surface area contributed by atoms with Gasteiger partial charge in [0.1, 0.15) is 17.9 Å². The second-order valence-corrected chi connectivity index (χ2v) is 3.65. The average Bonchev–Trinajstić information content (AvgIpc) is 2.42. The van der Waals surface area contributed by atoms with Gasteiger partial charge in [-0.1, -0.05) is 0 Å². The summed E-state index contributed by atoms with van der Waals surface area (Å²) in [6.07, 6.45) is 1.37. The van der Waals surface area contributed by atoms with Gasteiger partial charge in [0.2, 0.25) is 5.75 Å². The lowest BCUT2D eigenvalue weighted by atomic mass is 10.3. The van der Waals surface area contributed by atoms with Gasteiger partial charge in [-0.2, -0.15) is 4.98 Å². The van der Waals surface area contributed by atoms with Gasteiger partial charge in [-0.25, -0.2) is 9.37 Å². The number of hydrogen-bond donors (Lipinski definition) is 1. The largest absolute Gasteiger partial charge is 0.489 e. The molecule has 0 radical (unpaired) electrons. The Morgan fingerprint density at radius 1 is 1.21 bits per heavy atom. The molecule has 0 atom stereocenters. The number of hydrogen-bond acceptors (Lipinski definition) is 5. The molecule has 5 nitrogen and oxygen atoms in total. The Morgan fingerprint density at radius 3 is 2.58 bits per heavy atom. The minimum absolute atomic E-state index is 0.278. The number of ether oxygens (including phenoxy) is 2. The van der Waals surface area contributed by atoms with Gasteiger partial charge < -0.3 is 14.8 Å². The van der Waals surface area contributed by atoms with Gasteiger partial charge in [-0.15, -0.1) is 0 Å². The Kier molecular flexibility index (Phi) is 4.12. The molecule has 100 valence electrons. The van der Waals surface area contributed by atoms with E-state index in [-0.39, 0.29) is 11.7 Å². The van der Waals surface area contributed by atoms with E-state index in [1.54, 1.807) is 0 Å². The summed E-state index contributed by atoms with van der Waals surface area (Å²) in [7, 11) is 1.51. The summed E-state index contributed by atoms with van der Waals surface area (Å²) in [5.41, 5.74) is 0. The Balaban J connectivity index is 2.28. The highest BCUT2D eigenvalue weighted by atomic mass is 19.1. The number of anilines is 1. The van der Waals surface area contributed by atoms with Crippen LogP contribution in [0, 0.1) is 5.82 Å². The van der Waals surface area contributed by atoms with Gasteiger partial charge in [0, 0.05) is 6.54 Å². The number of rotatable bonds is 5. The third-order valence-corrected chi connectivity index (χ3v) is 2.35. The first kappa shape index (κ1) is 13.1. The molecule has 1 aromatic heterocycles. The topological polar surface area (TPSA) is 56.3 Å². The van der Waals surface area contributed by atoms with E-state index in [4.69, 9.17) is 9.47 Å². The van der Waals surface area contributed by atoms with Crippen LogP contribution in [0.4, 0.5) is 10.2 Å². The fourth-order valence-electron chi connectivity index (χ4n) is 1.52. The smallest absolute Gasteiger partial charge is 0.268 e. The van der Waals surface area contributed by atoms with E-state index >= 15 is 0 Å². The molecule has 6 heteroatoms. The van der Waals surface area contributed by atoms with Gasteiger partial charge >= 0.3 is 0 Å². The Bertz CT molecular complexity index is 546. The molecule has 0 bridgehead atoms. The van der Waals surface area contributed by atoms with Crippen LogP contribution in [0.25, 0.3) is 0 Å². The summed E-state index contributed by atoms with van der Waals surface area (Å²) in [6, 6.07) is 5.66. The summed E-state index contributed by atoms with van der Waals surface area (Å²) in [5.74, 6) is 1.39. The molecule has 1 aromatic carbocycles. The van der Waals surface area contributed by atoms with Gasteiger partial charge in [0.05, 0.1) is 7.11 Å². The molecule has 1 heterocycles. The molecule has 0 unspecified atom stereocenters. The zero-order valence-corrected chi connectivity index (χ0v) is 10.7. The molecule has 0 aliphatic carbocycles. The quantitative estimate of drug-likeness (QED) is 0.898. The molecule has 0 saturated carbocycles. The van der Waals surface area contributed by atoms with Crippen LogP contribution in [-0.2, 0) is 0 Å². The summed E-state index contributed by atoms with van der Waals surface area (Å²) in [4.78, 5) is 8.09. The lowest BCUT2D eigenvalue weighted by Crippen LogP contribution is -2.04. The Morgan fingerprint density at radius 2 is 1.95 bits per heavy atom. The Hall–Kier alpha value is -2.37. The van der Waals surface area contributed by atoms with Crippen molar-refractivity contribution in [2.24, 2.45) is 0 Å². The van der Waals surface area contributed by atoms with E-state index in [1.165, 1.54) is 37.7 Å². The predicted octanol–water partition coefficient (Wildman–Crippen LogP) is 2.85. The summed E-state index contributed by atoms with van der Waals surface area (Å²) >= 11 is 0. The molecule has 0 amide bonds. The zero-order valence-electron chi connectivity index (χ0n) is 10.7. The van der Waals surface area contributed by atoms with Crippen LogP contribution in [0.5, 0.6) is 17.4 Å². The lowest BCUT2D eigenvalue weighted by Gasteiger charge is -2.12. The molecular weight excluding hydrogens is 249 g/mol. The molecule has 0 fully saturated rings. The van der Waals surface area contributed by atoms with Gasteiger partial charge in [0.15, 0.2) is 5.82 Å². The van der Waals surface area contributed by atoms with E-state index in [9.17, 15) is 4.39 Å². The molecule has 0 spiro atoms. The predicted molar refractivity (Wildman–Crippen MR) is 69.2 cm³/mol. The normalized spacial score (nSPS) is 10.1. The number of nitrogens with zero attached hydrogens (tertiary/aromatic N) is 2. The van der Waals surface area contributed by atoms with E-state index in [0.29, 0.717) is 23.9 Å². The van der Waals surface area contributed by atoms with Crippen molar-refractivity contribution in [1.82, 2.24) is 9.97 Å². The highest BCUT2D eigenvalue weighted by Crippen LogP contribution is 2.33. The van der Waals surface area contributed by atoms with Crippen LogP contribution in [-0.4, -0.2) is 23.6 Å². The highest BCUT2D eigenvalue weighted by Gasteiger charge is 2.13. The molecule has 2 aromatic rings. The molecule has 19 heavy (non-hydrogen) atoms. The Labute approximate surface area is 110 Å². The van der Waals surface area contributed by atoms with Crippen molar-refractivity contribution in [2.75, 3.05) is 19.0 Å². The molecule has 0 aliphatic rings. The van der Waals surface area contributed by atoms with Crippen LogP contribution in [0.2, 0.25) is 0 Å². The van der Waals surface area contributed by atoms with Crippen molar-refractivity contribution in [3.05, 3.63) is 36.4 Å².